The average Bonchev–Trinajstić information content (AvgIpc) is 2.29. The number of hydrogen-bond acceptors (Lipinski definition) is 4. The number of rotatable bonds is 2. The van der Waals surface area contributed by atoms with Crippen molar-refractivity contribution in [1.29, 1.82) is 0 Å². The highest BCUT2D eigenvalue weighted by atomic mass is 32.2. The van der Waals surface area contributed by atoms with Gasteiger partial charge in [-0.05, 0) is 38.2 Å². The van der Waals surface area contributed by atoms with Gasteiger partial charge in [0.1, 0.15) is 0 Å². The van der Waals surface area contributed by atoms with E-state index in [1.165, 1.54) is 24.3 Å². The van der Waals surface area contributed by atoms with Gasteiger partial charge in [-0.1, -0.05) is 0 Å². The molecule has 0 aliphatic carbocycles. The molecule has 2 aliphatic heterocycles. The van der Waals surface area contributed by atoms with E-state index in [1.54, 1.807) is 0 Å². The predicted octanol–water partition coefficient (Wildman–Crippen LogP) is 1.32. The van der Waals surface area contributed by atoms with Crippen LogP contribution in [-0.4, -0.2) is 53.8 Å². The first kappa shape index (κ1) is 12.7. The van der Waals surface area contributed by atoms with Crippen molar-refractivity contribution in [3.8, 4) is 0 Å². The lowest BCUT2D eigenvalue weighted by Gasteiger charge is -2.51. The molecule has 2 fully saturated rings. The van der Waals surface area contributed by atoms with E-state index in [0.29, 0.717) is 0 Å². The summed E-state index contributed by atoms with van der Waals surface area (Å²) in [5.74, 6) is 2.52. The van der Waals surface area contributed by atoms with E-state index in [1.807, 2.05) is 0 Å². The van der Waals surface area contributed by atoms with Crippen LogP contribution in [0.5, 0.6) is 0 Å². The highest BCUT2D eigenvalue weighted by Crippen LogP contribution is 2.34. The topological polar surface area (TPSA) is 38.5 Å². The summed E-state index contributed by atoms with van der Waals surface area (Å²) in [6.07, 6.45) is 2.48. The summed E-state index contributed by atoms with van der Waals surface area (Å²) in [6.45, 7) is 8.08. The van der Waals surface area contributed by atoms with Gasteiger partial charge in [0.2, 0.25) is 0 Å². The minimum absolute atomic E-state index is 0.00892. The third-order valence-electron chi connectivity index (χ3n) is 3.90. The van der Waals surface area contributed by atoms with Crippen molar-refractivity contribution in [2.24, 2.45) is 5.73 Å². The summed E-state index contributed by atoms with van der Waals surface area (Å²) in [5, 5.41) is 0. The Morgan fingerprint density at radius 1 is 1.31 bits per heavy atom. The van der Waals surface area contributed by atoms with Crippen LogP contribution in [0.25, 0.3) is 0 Å². The Labute approximate surface area is 103 Å². The molecule has 0 saturated carbocycles. The van der Waals surface area contributed by atoms with Crippen molar-refractivity contribution in [3.63, 3.8) is 0 Å². The minimum Gasteiger partial charge on any atom is -0.373 e. The van der Waals surface area contributed by atoms with Gasteiger partial charge in [-0.3, -0.25) is 4.90 Å². The lowest BCUT2D eigenvalue weighted by atomic mass is 9.88. The normalized spacial score (nSPS) is 30.2. The Morgan fingerprint density at radius 3 is 2.56 bits per heavy atom. The number of nitrogens with zero attached hydrogens (tertiary/aromatic N) is 1. The molecule has 2 aliphatic rings. The zero-order chi connectivity index (χ0) is 11.6. The van der Waals surface area contributed by atoms with Gasteiger partial charge < -0.3 is 10.5 Å². The molecule has 0 radical (unpaired) electrons. The molecule has 2 rings (SSSR count). The Hall–Kier alpha value is 0.230. The number of nitrogens with two attached hydrogens (primary N) is 1. The Kier molecular flexibility index (Phi) is 3.84. The quantitative estimate of drug-likeness (QED) is 0.795. The molecule has 94 valence electrons. The molecule has 16 heavy (non-hydrogen) atoms. The molecule has 0 aromatic heterocycles. The molecule has 2 heterocycles. The maximum atomic E-state index is 6.07. The first-order valence-electron chi connectivity index (χ1n) is 6.25. The second kappa shape index (κ2) is 4.84. The number of thioether (sulfide) groups is 1. The summed E-state index contributed by atoms with van der Waals surface area (Å²) in [6, 6.07) is 0. The SMILES string of the molecule is CC1(C)CN(C2(CN)CCSCC2)CCO1. The minimum atomic E-state index is -0.00892. The van der Waals surface area contributed by atoms with Crippen LogP contribution in [0.3, 0.4) is 0 Å². The maximum Gasteiger partial charge on any atom is 0.0753 e. The molecule has 0 aromatic carbocycles. The van der Waals surface area contributed by atoms with Crippen molar-refractivity contribution < 1.29 is 4.74 Å². The summed E-state index contributed by atoms with van der Waals surface area (Å²) in [5.41, 5.74) is 6.31. The fraction of sp³-hybridized carbons (Fsp3) is 1.00. The summed E-state index contributed by atoms with van der Waals surface area (Å²) < 4.78 is 5.79. The van der Waals surface area contributed by atoms with Crippen molar-refractivity contribution in [2.75, 3.05) is 37.7 Å². The van der Waals surface area contributed by atoms with Crippen molar-refractivity contribution >= 4 is 11.8 Å². The zero-order valence-corrected chi connectivity index (χ0v) is 11.3. The van der Waals surface area contributed by atoms with Crippen LogP contribution in [0.1, 0.15) is 26.7 Å². The van der Waals surface area contributed by atoms with Crippen LogP contribution in [0.15, 0.2) is 0 Å². The van der Waals surface area contributed by atoms with Gasteiger partial charge in [-0.2, -0.15) is 11.8 Å². The van der Waals surface area contributed by atoms with Gasteiger partial charge in [0.05, 0.1) is 12.2 Å². The standard InChI is InChI=1S/C12H24N2OS/c1-11(2)10-14(5-6-15-11)12(9-13)3-7-16-8-4-12/h3-10,13H2,1-2H3. The van der Waals surface area contributed by atoms with E-state index in [0.717, 1.165) is 26.2 Å². The van der Waals surface area contributed by atoms with Gasteiger partial charge in [0.15, 0.2) is 0 Å². The van der Waals surface area contributed by atoms with E-state index in [2.05, 4.69) is 30.5 Å². The van der Waals surface area contributed by atoms with Crippen molar-refractivity contribution in [2.45, 2.75) is 37.8 Å². The lowest BCUT2D eigenvalue weighted by molar-refractivity contribution is -0.117. The smallest absolute Gasteiger partial charge is 0.0753 e. The van der Waals surface area contributed by atoms with E-state index in [-0.39, 0.29) is 11.1 Å². The molecule has 2 N–H and O–H groups in total. The van der Waals surface area contributed by atoms with E-state index >= 15 is 0 Å². The molecule has 0 spiro atoms. The van der Waals surface area contributed by atoms with Gasteiger partial charge in [-0.25, -0.2) is 0 Å². The third kappa shape index (κ3) is 2.55. The highest BCUT2D eigenvalue weighted by Gasteiger charge is 2.41. The van der Waals surface area contributed by atoms with Crippen molar-refractivity contribution in [1.82, 2.24) is 4.90 Å². The van der Waals surface area contributed by atoms with Crippen molar-refractivity contribution in [3.05, 3.63) is 0 Å². The molecule has 0 bridgehead atoms. The summed E-state index contributed by atoms with van der Waals surface area (Å²) in [4.78, 5) is 2.59. The van der Waals surface area contributed by atoms with Gasteiger partial charge in [-0.15, -0.1) is 0 Å². The van der Waals surface area contributed by atoms with Crippen LogP contribution in [0.2, 0.25) is 0 Å². The van der Waals surface area contributed by atoms with E-state index < -0.39 is 0 Å². The molecule has 4 heteroatoms. The van der Waals surface area contributed by atoms with Gasteiger partial charge >= 0.3 is 0 Å². The predicted molar refractivity (Wildman–Crippen MR) is 69.9 cm³/mol. The van der Waals surface area contributed by atoms with Crippen LogP contribution in [0.4, 0.5) is 0 Å². The van der Waals surface area contributed by atoms with Gasteiger partial charge in [0, 0.05) is 25.2 Å². The molecule has 2 saturated heterocycles. The molecular weight excluding hydrogens is 220 g/mol. The monoisotopic (exact) mass is 244 g/mol. The second-order valence-corrected chi connectivity index (χ2v) is 6.80. The second-order valence-electron chi connectivity index (χ2n) is 5.57. The highest BCUT2D eigenvalue weighted by molar-refractivity contribution is 7.99. The third-order valence-corrected chi connectivity index (χ3v) is 4.89. The molecule has 0 atom stereocenters. The molecule has 0 amide bonds. The first-order valence-corrected chi connectivity index (χ1v) is 7.40. The number of hydrogen-bond donors (Lipinski definition) is 1. The maximum absolute atomic E-state index is 6.07. The summed E-state index contributed by atoms with van der Waals surface area (Å²) in [7, 11) is 0. The van der Waals surface area contributed by atoms with Crippen LogP contribution in [-0.2, 0) is 4.74 Å². The fourth-order valence-electron chi connectivity index (χ4n) is 2.82. The Morgan fingerprint density at radius 2 is 2.00 bits per heavy atom. The van der Waals surface area contributed by atoms with Crippen LogP contribution in [0, 0.1) is 0 Å². The Balaban J connectivity index is 2.08. The lowest BCUT2D eigenvalue weighted by Crippen LogP contribution is -2.62. The summed E-state index contributed by atoms with van der Waals surface area (Å²) >= 11 is 2.06. The largest absolute Gasteiger partial charge is 0.373 e. The molecule has 0 aromatic rings. The molecule has 3 nitrogen and oxygen atoms in total. The Bertz CT molecular complexity index is 239. The van der Waals surface area contributed by atoms with E-state index in [9.17, 15) is 0 Å². The molecule has 0 unspecified atom stereocenters. The van der Waals surface area contributed by atoms with Crippen LogP contribution < -0.4 is 5.73 Å². The average molecular weight is 244 g/mol. The van der Waals surface area contributed by atoms with Gasteiger partial charge in [0.25, 0.3) is 0 Å². The number of morpholine rings is 1. The number of ether oxygens (including phenoxy) is 1. The van der Waals surface area contributed by atoms with Crippen LogP contribution >= 0.6 is 11.8 Å². The fourth-order valence-corrected chi connectivity index (χ4v) is 4.07. The zero-order valence-electron chi connectivity index (χ0n) is 10.5. The molecular formula is C12H24N2OS. The van der Waals surface area contributed by atoms with E-state index in [4.69, 9.17) is 10.5 Å². The first-order chi connectivity index (χ1) is 7.58.